The molecule has 27 heavy (non-hydrogen) atoms. The zero-order chi connectivity index (χ0) is 19.8. The van der Waals surface area contributed by atoms with E-state index in [1.165, 1.54) is 16.9 Å². The van der Waals surface area contributed by atoms with Gasteiger partial charge >= 0.3 is 6.18 Å². The molecular formula is C17H15F3N4O3. The SMILES string of the molecule is Cc1cnn(-c2ccc(C(F)(F)F)cc2NC2=CC(=O)N(CCO)C2=O)c1. The number of hydrogen-bond donors (Lipinski definition) is 2. The van der Waals surface area contributed by atoms with Gasteiger partial charge in [0.1, 0.15) is 5.70 Å². The first-order valence-corrected chi connectivity index (χ1v) is 7.89. The van der Waals surface area contributed by atoms with Gasteiger partial charge in [-0.15, -0.1) is 0 Å². The molecule has 1 aliphatic rings. The van der Waals surface area contributed by atoms with E-state index in [4.69, 9.17) is 5.11 Å². The molecule has 0 saturated carbocycles. The molecule has 0 unspecified atom stereocenters. The summed E-state index contributed by atoms with van der Waals surface area (Å²) < 4.78 is 40.7. The Kier molecular flexibility index (Phi) is 4.75. The molecule has 0 atom stereocenters. The number of carbonyl (C=O) groups is 2. The molecule has 0 fully saturated rings. The second-order valence-electron chi connectivity index (χ2n) is 5.89. The maximum atomic E-state index is 13.1. The van der Waals surface area contributed by atoms with Crippen LogP contribution in [0.15, 0.2) is 42.4 Å². The van der Waals surface area contributed by atoms with Crippen LogP contribution in [0.2, 0.25) is 0 Å². The number of β-amino-alcohol motifs (C(OH)–C–C–N with tert-alkyl or cyclic N) is 1. The molecule has 142 valence electrons. The molecule has 0 radical (unpaired) electrons. The predicted octanol–water partition coefficient (Wildman–Crippen LogP) is 1.86. The van der Waals surface area contributed by atoms with Gasteiger partial charge in [-0.3, -0.25) is 14.5 Å². The summed E-state index contributed by atoms with van der Waals surface area (Å²) in [6.45, 7) is 1.16. The van der Waals surface area contributed by atoms with Gasteiger partial charge in [0.25, 0.3) is 11.8 Å². The van der Waals surface area contributed by atoms with E-state index in [-0.39, 0.29) is 23.6 Å². The van der Waals surface area contributed by atoms with Gasteiger partial charge < -0.3 is 10.4 Å². The van der Waals surface area contributed by atoms with Crippen molar-refractivity contribution in [3.8, 4) is 5.69 Å². The average molecular weight is 380 g/mol. The molecule has 0 spiro atoms. The van der Waals surface area contributed by atoms with Gasteiger partial charge in [0.15, 0.2) is 0 Å². The normalized spacial score (nSPS) is 14.7. The molecule has 0 bridgehead atoms. The molecule has 0 aliphatic carbocycles. The number of nitrogens with one attached hydrogen (secondary N) is 1. The topological polar surface area (TPSA) is 87.5 Å². The first-order valence-electron chi connectivity index (χ1n) is 7.89. The smallest absolute Gasteiger partial charge is 0.395 e. The summed E-state index contributed by atoms with van der Waals surface area (Å²) in [4.78, 5) is 24.9. The van der Waals surface area contributed by atoms with Crippen molar-refractivity contribution < 1.29 is 27.9 Å². The number of hydrogen-bond acceptors (Lipinski definition) is 5. The number of alkyl halides is 3. The van der Waals surface area contributed by atoms with Crippen LogP contribution in [0, 0.1) is 6.92 Å². The van der Waals surface area contributed by atoms with Crippen LogP contribution in [0.5, 0.6) is 0 Å². The maximum absolute atomic E-state index is 13.1. The number of amides is 2. The van der Waals surface area contributed by atoms with Crippen LogP contribution in [-0.2, 0) is 15.8 Å². The number of aliphatic hydroxyl groups is 1. The number of anilines is 1. The second-order valence-corrected chi connectivity index (χ2v) is 5.89. The van der Waals surface area contributed by atoms with Crippen molar-refractivity contribution >= 4 is 17.5 Å². The third-order valence-corrected chi connectivity index (χ3v) is 3.88. The fourth-order valence-electron chi connectivity index (χ4n) is 2.61. The molecule has 2 N–H and O–H groups in total. The molecule has 1 aromatic heterocycles. The van der Waals surface area contributed by atoms with E-state index in [1.807, 2.05) is 0 Å². The summed E-state index contributed by atoms with van der Waals surface area (Å²) >= 11 is 0. The number of halogens is 3. The van der Waals surface area contributed by atoms with Gasteiger partial charge in [-0.05, 0) is 30.7 Å². The van der Waals surface area contributed by atoms with Crippen molar-refractivity contribution in [1.82, 2.24) is 14.7 Å². The minimum Gasteiger partial charge on any atom is -0.395 e. The summed E-state index contributed by atoms with van der Waals surface area (Å²) in [6, 6.07) is 2.98. The van der Waals surface area contributed by atoms with E-state index in [1.54, 1.807) is 13.1 Å². The molecular weight excluding hydrogens is 365 g/mol. The minimum atomic E-state index is -4.58. The van der Waals surface area contributed by atoms with Crippen molar-refractivity contribution in [2.75, 3.05) is 18.5 Å². The highest BCUT2D eigenvalue weighted by Gasteiger charge is 2.33. The Balaban J connectivity index is 2.01. The van der Waals surface area contributed by atoms with E-state index in [0.29, 0.717) is 0 Å². The highest BCUT2D eigenvalue weighted by atomic mass is 19.4. The van der Waals surface area contributed by atoms with Gasteiger partial charge in [-0.1, -0.05) is 0 Å². The van der Waals surface area contributed by atoms with Gasteiger partial charge in [0, 0.05) is 12.3 Å². The van der Waals surface area contributed by atoms with Gasteiger partial charge in [0.2, 0.25) is 0 Å². The van der Waals surface area contributed by atoms with Crippen LogP contribution in [0.3, 0.4) is 0 Å². The van der Waals surface area contributed by atoms with E-state index < -0.39 is 30.2 Å². The molecule has 1 aromatic carbocycles. The maximum Gasteiger partial charge on any atom is 0.416 e. The highest BCUT2D eigenvalue weighted by molar-refractivity contribution is 6.17. The quantitative estimate of drug-likeness (QED) is 0.774. The third kappa shape index (κ3) is 3.70. The Morgan fingerprint density at radius 2 is 2.00 bits per heavy atom. The highest BCUT2D eigenvalue weighted by Crippen LogP contribution is 2.34. The Hall–Kier alpha value is -3.14. The van der Waals surface area contributed by atoms with E-state index in [2.05, 4.69) is 10.4 Å². The number of rotatable bonds is 5. The average Bonchev–Trinajstić information content (AvgIpc) is 3.13. The zero-order valence-corrected chi connectivity index (χ0v) is 14.1. The summed E-state index contributed by atoms with van der Waals surface area (Å²) in [5.41, 5.74) is -0.0644. The molecule has 3 rings (SSSR count). The number of aryl methyl sites for hydroxylation is 1. The Bertz CT molecular complexity index is 934. The van der Waals surface area contributed by atoms with E-state index >= 15 is 0 Å². The van der Waals surface area contributed by atoms with Crippen LogP contribution >= 0.6 is 0 Å². The minimum absolute atomic E-state index is 0.0360. The predicted molar refractivity (Wildman–Crippen MR) is 88.8 cm³/mol. The van der Waals surface area contributed by atoms with Crippen molar-refractivity contribution in [2.45, 2.75) is 13.1 Å². The number of carbonyl (C=O) groups excluding carboxylic acids is 2. The van der Waals surface area contributed by atoms with Gasteiger partial charge in [-0.2, -0.15) is 18.3 Å². The fourth-order valence-corrected chi connectivity index (χ4v) is 2.61. The summed E-state index contributed by atoms with van der Waals surface area (Å²) in [6.07, 6.45) is -0.450. The lowest BCUT2D eigenvalue weighted by Crippen LogP contribution is -2.34. The monoisotopic (exact) mass is 380 g/mol. The van der Waals surface area contributed by atoms with Crippen LogP contribution in [0.4, 0.5) is 18.9 Å². The summed E-state index contributed by atoms with van der Waals surface area (Å²) in [5.74, 6) is -1.38. The molecule has 7 nitrogen and oxygen atoms in total. The van der Waals surface area contributed by atoms with Crippen molar-refractivity contribution in [3.63, 3.8) is 0 Å². The summed E-state index contributed by atoms with van der Waals surface area (Å²) in [5, 5.41) is 15.6. The number of nitrogens with zero attached hydrogens (tertiary/aromatic N) is 3. The van der Waals surface area contributed by atoms with Crippen LogP contribution in [-0.4, -0.2) is 44.8 Å². The Morgan fingerprint density at radius 1 is 1.26 bits per heavy atom. The number of aromatic nitrogens is 2. The number of benzene rings is 1. The Morgan fingerprint density at radius 3 is 2.59 bits per heavy atom. The lowest BCUT2D eigenvalue weighted by molar-refractivity contribution is -0.138. The van der Waals surface area contributed by atoms with Crippen LogP contribution in [0.1, 0.15) is 11.1 Å². The third-order valence-electron chi connectivity index (χ3n) is 3.88. The fraction of sp³-hybridized carbons (Fsp3) is 0.235. The van der Waals surface area contributed by atoms with E-state index in [0.717, 1.165) is 28.7 Å². The first-order chi connectivity index (χ1) is 12.7. The molecule has 10 heteroatoms. The van der Waals surface area contributed by atoms with Gasteiger partial charge in [0.05, 0.1) is 36.3 Å². The molecule has 1 aliphatic heterocycles. The van der Waals surface area contributed by atoms with Crippen molar-refractivity contribution in [1.29, 1.82) is 0 Å². The zero-order valence-electron chi connectivity index (χ0n) is 14.1. The van der Waals surface area contributed by atoms with Crippen molar-refractivity contribution in [3.05, 3.63) is 53.5 Å². The molecule has 2 aromatic rings. The standard InChI is InChI=1S/C17H15F3N4O3/c1-10-8-21-24(9-10)14-3-2-11(17(18,19)20)6-12(14)22-13-7-15(26)23(4-5-25)16(13)27/h2-3,6-9,22,25H,4-5H2,1H3. The second kappa shape index (κ2) is 6.88. The van der Waals surface area contributed by atoms with Crippen molar-refractivity contribution in [2.24, 2.45) is 0 Å². The van der Waals surface area contributed by atoms with E-state index in [9.17, 15) is 22.8 Å². The van der Waals surface area contributed by atoms with Crippen LogP contribution < -0.4 is 5.32 Å². The largest absolute Gasteiger partial charge is 0.416 e. The van der Waals surface area contributed by atoms with Crippen LogP contribution in [0.25, 0.3) is 5.69 Å². The molecule has 0 saturated heterocycles. The Labute approximate surface area is 151 Å². The molecule has 2 heterocycles. The number of aliphatic hydroxyl groups excluding tert-OH is 1. The summed E-state index contributed by atoms with van der Waals surface area (Å²) in [7, 11) is 0. The first kappa shape index (κ1) is 18.6. The molecule has 2 amide bonds. The number of imide groups is 1. The lowest BCUT2D eigenvalue weighted by Gasteiger charge is -2.17. The lowest BCUT2D eigenvalue weighted by atomic mass is 10.1. The van der Waals surface area contributed by atoms with Gasteiger partial charge in [-0.25, -0.2) is 4.68 Å².